The predicted molar refractivity (Wildman–Crippen MR) is 114 cm³/mol. The number of rotatable bonds is 16. The lowest BCUT2D eigenvalue weighted by molar-refractivity contribution is -0.155. The van der Waals surface area contributed by atoms with E-state index < -0.39 is 11.2 Å². The van der Waals surface area contributed by atoms with Gasteiger partial charge in [-0.05, 0) is 38.5 Å². The van der Waals surface area contributed by atoms with Gasteiger partial charge in [0.25, 0.3) is 0 Å². The molecule has 0 aromatic carbocycles. The normalized spacial score (nSPS) is 25.3. The Morgan fingerprint density at radius 3 is 1.45 bits per heavy atom. The van der Waals surface area contributed by atoms with Gasteiger partial charge >= 0.3 is 11.9 Å². The zero-order chi connectivity index (χ0) is 21.0. The molecule has 2 fully saturated rings. The van der Waals surface area contributed by atoms with Crippen LogP contribution in [0.4, 0.5) is 0 Å². The molecule has 1 aliphatic heterocycles. The zero-order valence-corrected chi connectivity index (χ0v) is 18.8. The molecule has 1 saturated carbocycles. The first-order chi connectivity index (χ1) is 14.1. The van der Waals surface area contributed by atoms with Crippen LogP contribution in [0.2, 0.25) is 0 Å². The van der Waals surface area contributed by atoms with E-state index in [1.807, 2.05) is 0 Å². The van der Waals surface area contributed by atoms with Gasteiger partial charge in [-0.25, -0.2) is 9.59 Å². The van der Waals surface area contributed by atoms with E-state index in [1.54, 1.807) is 0 Å². The second-order valence-electron chi connectivity index (χ2n) is 8.77. The largest absolute Gasteiger partial charge is 0.463 e. The summed E-state index contributed by atoms with van der Waals surface area (Å²) in [5.41, 5.74) is -2.16. The Hall–Kier alpha value is -1.10. The lowest BCUT2D eigenvalue weighted by atomic mass is 9.79. The number of hydrogen-bond acceptors (Lipinski definition) is 5. The van der Waals surface area contributed by atoms with E-state index in [1.165, 1.54) is 51.4 Å². The summed E-state index contributed by atoms with van der Waals surface area (Å²) < 4.78 is 16.9. The first-order valence-electron chi connectivity index (χ1n) is 12.2. The molecule has 1 heterocycles. The highest BCUT2D eigenvalue weighted by Crippen LogP contribution is 2.58. The zero-order valence-electron chi connectivity index (χ0n) is 18.8. The number of unbranched alkanes of at least 4 members (excludes halogenated alkanes) is 10. The van der Waals surface area contributed by atoms with E-state index in [2.05, 4.69) is 13.8 Å². The molecule has 0 aromatic heterocycles. The predicted octanol–water partition coefficient (Wildman–Crippen LogP) is 5.88. The number of ether oxygens (including phenoxy) is 3. The molecule has 2 unspecified atom stereocenters. The molecule has 0 aromatic rings. The van der Waals surface area contributed by atoms with Crippen molar-refractivity contribution in [2.75, 3.05) is 13.2 Å². The van der Waals surface area contributed by atoms with E-state index in [0.717, 1.165) is 38.5 Å². The first kappa shape index (κ1) is 24.2. The molecule has 2 aliphatic rings. The molecular weight excluding hydrogens is 368 g/mol. The molecule has 168 valence electrons. The fraction of sp³-hybridized carbons (Fsp3) is 0.917. The Labute approximate surface area is 177 Å². The molecule has 2 atom stereocenters. The van der Waals surface area contributed by atoms with Crippen LogP contribution < -0.4 is 0 Å². The van der Waals surface area contributed by atoms with Gasteiger partial charge < -0.3 is 14.2 Å². The van der Waals surface area contributed by atoms with Crippen LogP contribution >= 0.6 is 0 Å². The number of fused-ring (bicyclic) bond motifs is 1. The highest BCUT2D eigenvalue weighted by atomic mass is 16.7. The van der Waals surface area contributed by atoms with E-state index in [4.69, 9.17) is 14.2 Å². The summed E-state index contributed by atoms with van der Waals surface area (Å²) in [7, 11) is 0. The van der Waals surface area contributed by atoms with Crippen molar-refractivity contribution in [3.63, 3.8) is 0 Å². The van der Waals surface area contributed by atoms with Gasteiger partial charge in [0.1, 0.15) is 0 Å². The van der Waals surface area contributed by atoms with E-state index in [9.17, 15) is 9.59 Å². The van der Waals surface area contributed by atoms with Crippen LogP contribution in [0, 0.1) is 0 Å². The summed E-state index contributed by atoms with van der Waals surface area (Å²) in [6.07, 6.45) is 16.6. The van der Waals surface area contributed by atoms with Crippen molar-refractivity contribution < 1.29 is 23.8 Å². The maximum absolute atomic E-state index is 12.7. The van der Waals surface area contributed by atoms with Gasteiger partial charge in [0.2, 0.25) is 11.2 Å². The highest BCUT2D eigenvalue weighted by molar-refractivity contribution is 5.98. The topological polar surface area (TPSA) is 65.1 Å². The van der Waals surface area contributed by atoms with Gasteiger partial charge in [-0.3, -0.25) is 0 Å². The van der Waals surface area contributed by atoms with Crippen LogP contribution in [0.1, 0.15) is 117 Å². The van der Waals surface area contributed by atoms with Crippen molar-refractivity contribution >= 4 is 11.9 Å². The molecule has 5 heteroatoms. The summed E-state index contributed by atoms with van der Waals surface area (Å²) in [4.78, 5) is 25.5. The number of carbonyl (C=O) groups excluding carboxylic acids is 2. The minimum atomic E-state index is -1.08. The van der Waals surface area contributed by atoms with Crippen LogP contribution in [0.3, 0.4) is 0 Å². The van der Waals surface area contributed by atoms with E-state index in [0.29, 0.717) is 26.1 Å². The third kappa shape index (κ3) is 6.44. The molecule has 0 radical (unpaired) electrons. The Morgan fingerprint density at radius 1 is 0.655 bits per heavy atom. The highest BCUT2D eigenvalue weighted by Gasteiger charge is 2.81. The van der Waals surface area contributed by atoms with Crippen LogP contribution in [0.25, 0.3) is 0 Å². The summed E-state index contributed by atoms with van der Waals surface area (Å²) in [6, 6.07) is 0. The van der Waals surface area contributed by atoms with Gasteiger partial charge in [-0.2, -0.15) is 0 Å². The van der Waals surface area contributed by atoms with Gasteiger partial charge in [0, 0.05) is 0 Å². The lowest BCUT2D eigenvalue weighted by Crippen LogP contribution is -2.44. The Bertz CT molecular complexity index is 461. The average molecular weight is 411 g/mol. The summed E-state index contributed by atoms with van der Waals surface area (Å²) >= 11 is 0. The van der Waals surface area contributed by atoms with Crippen molar-refractivity contribution in [1.82, 2.24) is 0 Å². The molecule has 1 aliphatic carbocycles. The number of carbonyl (C=O) groups is 2. The Morgan fingerprint density at radius 2 is 1.03 bits per heavy atom. The SMILES string of the molecule is CCCCCCCCOC(=O)C12CCCCC1(C(=O)OCCCCCCCC)O2. The summed E-state index contributed by atoms with van der Waals surface area (Å²) in [5, 5.41) is 0. The third-order valence-electron chi connectivity index (χ3n) is 6.39. The minimum absolute atomic E-state index is 0.359. The smallest absolute Gasteiger partial charge is 0.342 e. The molecular formula is C24H42O5. The fourth-order valence-electron chi connectivity index (χ4n) is 4.47. The fourth-order valence-corrected chi connectivity index (χ4v) is 4.47. The van der Waals surface area contributed by atoms with Crippen LogP contribution in [-0.4, -0.2) is 36.4 Å². The van der Waals surface area contributed by atoms with Crippen LogP contribution in [0.5, 0.6) is 0 Å². The summed E-state index contributed by atoms with van der Waals surface area (Å²) in [5.74, 6) is -0.718. The van der Waals surface area contributed by atoms with Crippen LogP contribution in [-0.2, 0) is 23.8 Å². The minimum Gasteiger partial charge on any atom is -0.463 e. The second kappa shape index (κ2) is 12.6. The second-order valence-corrected chi connectivity index (χ2v) is 8.77. The Kier molecular flexibility index (Phi) is 10.5. The maximum Gasteiger partial charge on any atom is 0.342 e. The van der Waals surface area contributed by atoms with Crippen molar-refractivity contribution in [1.29, 1.82) is 0 Å². The molecule has 0 bridgehead atoms. The number of epoxide rings is 1. The molecule has 29 heavy (non-hydrogen) atoms. The van der Waals surface area contributed by atoms with Crippen LogP contribution in [0.15, 0.2) is 0 Å². The van der Waals surface area contributed by atoms with Crippen molar-refractivity contribution in [2.24, 2.45) is 0 Å². The lowest BCUT2D eigenvalue weighted by Gasteiger charge is -2.22. The first-order valence-corrected chi connectivity index (χ1v) is 12.2. The number of esters is 2. The standard InChI is InChI=1S/C24H42O5/c1-3-5-7-9-11-15-19-27-21(25)23-17-13-14-18-24(23,29-23)22(26)28-20-16-12-10-8-6-4-2/h3-20H2,1-2H3. The van der Waals surface area contributed by atoms with Crippen molar-refractivity contribution in [3.8, 4) is 0 Å². The summed E-state index contributed by atoms with van der Waals surface area (Å²) in [6.45, 7) is 5.23. The molecule has 0 amide bonds. The molecule has 1 saturated heterocycles. The third-order valence-corrected chi connectivity index (χ3v) is 6.39. The van der Waals surface area contributed by atoms with E-state index in [-0.39, 0.29) is 11.9 Å². The molecule has 5 nitrogen and oxygen atoms in total. The van der Waals surface area contributed by atoms with Gasteiger partial charge in [-0.1, -0.05) is 78.1 Å². The van der Waals surface area contributed by atoms with Gasteiger partial charge in [-0.15, -0.1) is 0 Å². The molecule has 2 rings (SSSR count). The van der Waals surface area contributed by atoms with Gasteiger partial charge in [0.05, 0.1) is 13.2 Å². The van der Waals surface area contributed by atoms with E-state index >= 15 is 0 Å². The van der Waals surface area contributed by atoms with Gasteiger partial charge in [0.15, 0.2) is 0 Å². The van der Waals surface area contributed by atoms with Crippen molar-refractivity contribution in [2.45, 2.75) is 128 Å². The average Bonchev–Trinajstić information content (AvgIpc) is 3.44. The molecule has 0 spiro atoms. The quantitative estimate of drug-likeness (QED) is 0.181. The number of hydrogen-bond donors (Lipinski definition) is 0. The molecule has 0 N–H and O–H groups in total. The van der Waals surface area contributed by atoms with Crippen molar-refractivity contribution in [3.05, 3.63) is 0 Å². The Balaban J connectivity index is 1.70. The monoisotopic (exact) mass is 410 g/mol. The maximum atomic E-state index is 12.7.